The number of benzene rings is 2. The molecule has 0 aliphatic rings. The van der Waals surface area contributed by atoms with E-state index in [1.54, 1.807) is 42.5 Å². The Morgan fingerprint density at radius 2 is 1.71 bits per heavy atom. The largest absolute Gasteiger partial charge is 0.270 e. The van der Waals surface area contributed by atoms with Gasteiger partial charge in [0.05, 0.1) is 15.5 Å². The molecule has 0 fully saturated rings. The van der Waals surface area contributed by atoms with Gasteiger partial charge in [0.2, 0.25) is 0 Å². The second-order valence-corrected chi connectivity index (χ2v) is 7.13. The lowest BCUT2D eigenvalue weighted by atomic mass is 10.1. The highest BCUT2D eigenvalue weighted by molar-refractivity contribution is 7.90. The van der Waals surface area contributed by atoms with Gasteiger partial charge in [-0.3, -0.25) is 10.1 Å². The SMILES string of the molecule is Cc1ccc(S(=O)(=O)n2cccc2-c2cccc([N+](=O)[O-])c2)cc1. The zero-order chi connectivity index (χ0) is 17.3. The quantitative estimate of drug-likeness (QED) is 0.536. The molecule has 1 aromatic heterocycles. The molecule has 0 amide bonds. The lowest BCUT2D eigenvalue weighted by Crippen LogP contribution is -2.13. The first-order chi connectivity index (χ1) is 11.4. The van der Waals surface area contributed by atoms with Crippen LogP contribution in [0.1, 0.15) is 5.56 Å². The average molecular weight is 342 g/mol. The van der Waals surface area contributed by atoms with Crippen molar-refractivity contribution in [3.8, 4) is 11.3 Å². The number of nitro groups is 1. The van der Waals surface area contributed by atoms with E-state index in [1.807, 2.05) is 6.92 Å². The van der Waals surface area contributed by atoms with Crippen LogP contribution in [0.25, 0.3) is 11.3 Å². The Kier molecular flexibility index (Phi) is 3.94. The molecule has 0 aliphatic heterocycles. The van der Waals surface area contributed by atoms with Crippen molar-refractivity contribution in [2.45, 2.75) is 11.8 Å². The summed E-state index contributed by atoms with van der Waals surface area (Å²) in [6.07, 6.45) is 1.43. The molecule has 0 unspecified atom stereocenters. The molecule has 3 rings (SSSR count). The summed E-state index contributed by atoms with van der Waals surface area (Å²) < 4.78 is 26.8. The summed E-state index contributed by atoms with van der Waals surface area (Å²) in [7, 11) is -3.78. The Hall–Kier alpha value is -2.93. The second kappa shape index (κ2) is 5.93. The van der Waals surface area contributed by atoms with Crippen LogP contribution in [0.5, 0.6) is 0 Å². The monoisotopic (exact) mass is 342 g/mol. The Labute approximate surface area is 139 Å². The van der Waals surface area contributed by atoms with Gasteiger partial charge in [-0.25, -0.2) is 12.4 Å². The van der Waals surface area contributed by atoms with Crippen LogP contribution in [0, 0.1) is 17.0 Å². The highest BCUT2D eigenvalue weighted by Gasteiger charge is 2.20. The van der Waals surface area contributed by atoms with E-state index in [1.165, 1.54) is 24.4 Å². The molecule has 24 heavy (non-hydrogen) atoms. The second-order valence-electron chi connectivity index (χ2n) is 5.31. The maximum absolute atomic E-state index is 12.8. The van der Waals surface area contributed by atoms with Crippen LogP contribution in [0.4, 0.5) is 5.69 Å². The minimum atomic E-state index is -3.78. The van der Waals surface area contributed by atoms with E-state index < -0.39 is 14.9 Å². The molecule has 0 N–H and O–H groups in total. The molecule has 0 spiro atoms. The maximum atomic E-state index is 12.8. The molecule has 0 aliphatic carbocycles. The number of nitro benzene ring substituents is 1. The predicted molar refractivity (Wildman–Crippen MR) is 90.3 cm³/mol. The number of aryl methyl sites for hydroxylation is 1. The lowest BCUT2D eigenvalue weighted by molar-refractivity contribution is -0.384. The van der Waals surface area contributed by atoms with Crippen molar-refractivity contribution >= 4 is 15.7 Å². The number of non-ortho nitro benzene ring substituents is 1. The molecule has 3 aromatic rings. The molecule has 0 saturated heterocycles. The first kappa shape index (κ1) is 15.9. The zero-order valence-corrected chi connectivity index (χ0v) is 13.6. The third-order valence-electron chi connectivity index (χ3n) is 3.64. The topological polar surface area (TPSA) is 82.2 Å². The van der Waals surface area contributed by atoms with E-state index in [0.717, 1.165) is 9.54 Å². The van der Waals surface area contributed by atoms with Gasteiger partial charge in [0.15, 0.2) is 0 Å². The van der Waals surface area contributed by atoms with Crippen LogP contribution in [0.3, 0.4) is 0 Å². The van der Waals surface area contributed by atoms with Crippen molar-refractivity contribution in [2.24, 2.45) is 0 Å². The molecule has 6 nitrogen and oxygen atoms in total. The Morgan fingerprint density at radius 1 is 1.00 bits per heavy atom. The minimum Gasteiger partial charge on any atom is -0.258 e. The van der Waals surface area contributed by atoms with Crippen LogP contribution in [-0.4, -0.2) is 17.3 Å². The average Bonchev–Trinajstić information content (AvgIpc) is 3.06. The fraction of sp³-hybridized carbons (Fsp3) is 0.0588. The van der Waals surface area contributed by atoms with Gasteiger partial charge in [0.1, 0.15) is 0 Å². The third-order valence-corrected chi connectivity index (χ3v) is 5.35. The Bertz CT molecular complexity index is 1010. The van der Waals surface area contributed by atoms with E-state index in [0.29, 0.717) is 11.3 Å². The molecule has 122 valence electrons. The number of aromatic nitrogens is 1. The van der Waals surface area contributed by atoms with Gasteiger partial charge in [-0.05, 0) is 31.2 Å². The van der Waals surface area contributed by atoms with Crippen molar-refractivity contribution in [3.05, 3.63) is 82.5 Å². The van der Waals surface area contributed by atoms with Crippen LogP contribution in [0.15, 0.2) is 71.8 Å². The summed E-state index contributed by atoms with van der Waals surface area (Å²) in [5, 5.41) is 10.9. The molecule has 7 heteroatoms. The van der Waals surface area contributed by atoms with Crippen molar-refractivity contribution in [2.75, 3.05) is 0 Å². The van der Waals surface area contributed by atoms with Gasteiger partial charge in [-0.2, -0.15) is 0 Å². The van der Waals surface area contributed by atoms with E-state index >= 15 is 0 Å². The molecule has 2 aromatic carbocycles. The van der Waals surface area contributed by atoms with Crippen molar-refractivity contribution < 1.29 is 13.3 Å². The van der Waals surface area contributed by atoms with Gasteiger partial charge in [-0.1, -0.05) is 29.8 Å². The number of hydrogen-bond acceptors (Lipinski definition) is 4. The number of nitrogens with zero attached hydrogens (tertiary/aromatic N) is 2. The minimum absolute atomic E-state index is 0.0898. The molecule has 0 radical (unpaired) electrons. The molecule has 0 saturated carbocycles. The fourth-order valence-corrected chi connectivity index (χ4v) is 3.76. The van der Waals surface area contributed by atoms with Gasteiger partial charge in [-0.15, -0.1) is 0 Å². The fourth-order valence-electron chi connectivity index (χ4n) is 2.40. The summed E-state index contributed by atoms with van der Waals surface area (Å²) in [6, 6.07) is 15.6. The van der Waals surface area contributed by atoms with E-state index in [4.69, 9.17) is 0 Å². The maximum Gasteiger partial charge on any atom is 0.270 e. The normalized spacial score (nSPS) is 11.4. The lowest BCUT2D eigenvalue weighted by Gasteiger charge is -2.11. The smallest absolute Gasteiger partial charge is 0.258 e. The number of hydrogen-bond donors (Lipinski definition) is 0. The summed E-state index contributed by atoms with van der Waals surface area (Å²) >= 11 is 0. The molecular weight excluding hydrogens is 328 g/mol. The number of rotatable bonds is 4. The van der Waals surface area contributed by atoms with Crippen LogP contribution >= 0.6 is 0 Å². The van der Waals surface area contributed by atoms with E-state index in [2.05, 4.69) is 0 Å². The van der Waals surface area contributed by atoms with Gasteiger partial charge < -0.3 is 0 Å². The standard InChI is InChI=1S/C17H14N2O4S/c1-13-7-9-16(10-8-13)24(22,23)18-11-3-6-17(18)14-4-2-5-15(12-14)19(20)21/h2-12H,1H3. The van der Waals surface area contributed by atoms with E-state index in [-0.39, 0.29) is 10.6 Å². The van der Waals surface area contributed by atoms with Gasteiger partial charge in [0, 0.05) is 23.9 Å². The Morgan fingerprint density at radius 3 is 2.38 bits per heavy atom. The van der Waals surface area contributed by atoms with E-state index in [9.17, 15) is 18.5 Å². The van der Waals surface area contributed by atoms with Crippen LogP contribution < -0.4 is 0 Å². The highest BCUT2D eigenvalue weighted by Crippen LogP contribution is 2.27. The molecular formula is C17H14N2O4S. The summed E-state index contributed by atoms with van der Waals surface area (Å²) in [5.41, 5.74) is 1.71. The molecule has 1 heterocycles. The zero-order valence-electron chi connectivity index (χ0n) is 12.8. The summed E-state index contributed by atoms with van der Waals surface area (Å²) in [5.74, 6) is 0. The van der Waals surface area contributed by atoms with Crippen LogP contribution in [0.2, 0.25) is 0 Å². The summed E-state index contributed by atoms with van der Waals surface area (Å²) in [4.78, 5) is 10.6. The Balaban J connectivity index is 2.12. The summed E-state index contributed by atoms with van der Waals surface area (Å²) in [6.45, 7) is 1.88. The molecule has 0 bridgehead atoms. The van der Waals surface area contributed by atoms with Crippen molar-refractivity contribution in [1.82, 2.24) is 3.97 Å². The first-order valence-electron chi connectivity index (χ1n) is 7.14. The first-order valence-corrected chi connectivity index (χ1v) is 8.58. The van der Waals surface area contributed by atoms with Gasteiger partial charge >= 0.3 is 0 Å². The third kappa shape index (κ3) is 2.81. The predicted octanol–water partition coefficient (Wildman–Crippen LogP) is 3.61. The molecule has 0 atom stereocenters. The van der Waals surface area contributed by atoms with Crippen molar-refractivity contribution in [1.29, 1.82) is 0 Å². The van der Waals surface area contributed by atoms with Crippen molar-refractivity contribution in [3.63, 3.8) is 0 Å². The van der Waals surface area contributed by atoms with Crippen LogP contribution in [-0.2, 0) is 10.0 Å². The van der Waals surface area contributed by atoms with Gasteiger partial charge in [0.25, 0.3) is 15.7 Å². The highest BCUT2D eigenvalue weighted by atomic mass is 32.2.